The number of benzene rings is 3. The maximum atomic E-state index is 13.9. The number of amidine groups is 1. The van der Waals surface area contributed by atoms with Crippen molar-refractivity contribution in [3.8, 4) is 0 Å². The Balaban J connectivity index is 1.36. The molecule has 3 aromatic rings. The molecule has 2 heterocycles. The van der Waals surface area contributed by atoms with Crippen LogP contribution in [0.5, 0.6) is 0 Å². The second-order valence-electron chi connectivity index (χ2n) is 8.60. The van der Waals surface area contributed by atoms with Gasteiger partial charge >= 0.3 is 0 Å². The number of anilines is 1. The largest absolute Gasteiger partial charge is 0.324 e. The molecule has 6 nitrogen and oxygen atoms in total. The number of carbonyl (C=O) groups excluding carboxylic acids is 2. The van der Waals surface area contributed by atoms with Crippen LogP contribution in [-0.4, -0.2) is 33.0 Å². The lowest BCUT2D eigenvalue weighted by Crippen LogP contribution is -2.25. The third kappa shape index (κ3) is 5.20. The van der Waals surface area contributed by atoms with Gasteiger partial charge in [-0.25, -0.2) is 9.40 Å². The summed E-state index contributed by atoms with van der Waals surface area (Å²) >= 11 is 7.30. The van der Waals surface area contributed by atoms with Crippen molar-refractivity contribution in [2.75, 3.05) is 5.32 Å². The van der Waals surface area contributed by atoms with Crippen LogP contribution in [0.4, 0.5) is 10.1 Å². The number of hydrogen-bond acceptors (Lipinski definition) is 5. The predicted octanol–water partition coefficient (Wildman–Crippen LogP) is 5.97. The Bertz CT molecular complexity index is 1380. The highest BCUT2D eigenvalue weighted by Gasteiger charge is 2.39. The second-order valence-corrected chi connectivity index (χ2v) is 10.2. The number of aryl methyl sites for hydroxylation is 1. The van der Waals surface area contributed by atoms with E-state index in [1.807, 2.05) is 55.5 Å². The molecule has 0 saturated carbocycles. The van der Waals surface area contributed by atoms with Crippen molar-refractivity contribution in [1.29, 1.82) is 0 Å². The van der Waals surface area contributed by atoms with Crippen molar-refractivity contribution in [3.63, 3.8) is 0 Å². The molecule has 1 N–H and O–H groups in total. The van der Waals surface area contributed by atoms with Crippen LogP contribution < -0.4 is 5.32 Å². The summed E-state index contributed by atoms with van der Waals surface area (Å²) in [7, 11) is 0. The number of hydrazone groups is 1. The summed E-state index contributed by atoms with van der Waals surface area (Å²) in [5.74, 6) is -1.40. The maximum Gasteiger partial charge on any atom is 0.262 e. The normalized spacial score (nSPS) is 19.3. The van der Waals surface area contributed by atoms with E-state index in [1.165, 1.54) is 23.9 Å². The summed E-state index contributed by atoms with van der Waals surface area (Å²) < 4.78 is 13.9. The van der Waals surface area contributed by atoms with Gasteiger partial charge in [-0.2, -0.15) is 10.1 Å². The van der Waals surface area contributed by atoms with Crippen LogP contribution in [0.15, 0.2) is 82.9 Å². The summed E-state index contributed by atoms with van der Waals surface area (Å²) in [5, 5.41) is 9.49. The Morgan fingerprint density at radius 2 is 1.83 bits per heavy atom. The van der Waals surface area contributed by atoms with Gasteiger partial charge in [-0.15, -0.1) is 0 Å². The molecule has 2 atom stereocenters. The first-order chi connectivity index (χ1) is 17.4. The zero-order valence-electron chi connectivity index (χ0n) is 19.3. The number of halogens is 2. The van der Waals surface area contributed by atoms with E-state index in [0.717, 1.165) is 22.4 Å². The summed E-state index contributed by atoms with van der Waals surface area (Å²) in [6.07, 6.45) is 0.496. The molecule has 0 saturated heterocycles. The number of nitrogens with one attached hydrogen (secondary N) is 1. The average Bonchev–Trinajstić information content (AvgIpc) is 3.45. The predicted molar refractivity (Wildman–Crippen MR) is 142 cm³/mol. The van der Waals surface area contributed by atoms with Crippen LogP contribution in [0.25, 0.3) is 0 Å². The van der Waals surface area contributed by atoms with Gasteiger partial charge in [-0.1, -0.05) is 77.5 Å². The molecule has 2 aliphatic rings. The van der Waals surface area contributed by atoms with E-state index in [1.54, 1.807) is 17.1 Å². The second kappa shape index (κ2) is 10.2. The van der Waals surface area contributed by atoms with Gasteiger partial charge in [0.15, 0.2) is 5.17 Å². The molecule has 3 aromatic carbocycles. The zero-order chi connectivity index (χ0) is 25.2. The molecule has 2 amide bonds. The van der Waals surface area contributed by atoms with Gasteiger partial charge in [0.2, 0.25) is 5.91 Å². The van der Waals surface area contributed by atoms with Gasteiger partial charge < -0.3 is 5.32 Å². The molecule has 0 radical (unpaired) electrons. The molecule has 2 aliphatic heterocycles. The lowest BCUT2D eigenvalue weighted by Gasteiger charge is -2.23. The summed E-state index contributed by atoms with van der Waals surface area (Å²) in [5.41, 5.74) is 4.10. The third-order valence-corrected chi connectivity index (χ3v) is 7.39. The molecule has 0 fully saturated rings. The Morgan fingerprint density at radius 1 is 1.11 bits per heavy atom. The maximum absolute atomic E-state index is 13.9. The van der Waals surface area contributed by atoms with Crippen LogP contribution in [-0.2, 0) is 9.59 Å². The van der Waals surface area contributed by atoms with Gasteiger partial charge in [-0.05, 0) is 42.3 Å². The molecular formula is C27H22ClFN4O2S. The highest BCUT2D eigenvalue weighted by Crippen LogP contribution is 2.39. The Labute approximate surface area is 217 Å². The first-order valence-electron chi connectivity index (χ1n) is 11.4. The number of aliphatic imine (C=N–C) groups is 1. The summed E-state index contributed by atoms with van der Waals surface area (Å²) in [6.45, 7) is 2.03. The quantitative estimate of drug-likeness (QED) is 0.450. The van der Waals surface area contributed by atoms with Gasteiger partial charge in [-0.3, -0.25) is 9.59 Å². The van der Waals surface area contributed by atoms with E-state index in [9.17, 15) is 14.0 Å². The number of nitrogens with zero attached hydrogens (tertiary/aromatic N) is 3. The number of para-hydroxylation sites is 1. The lowest BCUT2D eigenvalue weighted by atomic mass is 9.98. The highest BCUT2D eigenvalue weighted by molar-refractivity contribution is 8.15. The smallest absolute Gasteiger partial charge is 0.262 e. The third-order valence-electron chi connectivity index (χ3n) is 5.99. The van der Waals surface area contributed by atoms with E-state index in [0.29, 0.717) is 16.6 Å². The molecule has 182 valence electrons. The van der Waals surface area contributed by atoms with E-state index in [2.05, 4.69) is 10.3 Å². The molecule has 0 aliphatic carbocycles. The molecular weight excluding hydrogens is 499 g/mol. The number of carbonyl (C=O) groups is 2. The van der Waals surface area contributed by atoms with Crippen LogP contribution >= 0.6 is 23.4 Å². The topological polar surface area (TPSA) is 74.1 Å². The van der Waals surface area contributed by atoms with E-state index >= 15 is 0 Å². The molecule has 0 aromatic heterocycles. The van der Waals surface area contributed by atoms with Gasteiger partial charge in [0.25, 0.3) is 5.91 Å². The molecule has 0 unspecified atom stereocenters. The molecule has 5 rings (SSSR count). The zero-order valence-corrected chi connectivity index (χ0v) is 20.9. The number of rotatable bonds is 5. The van der Waals surface area contributed by atoms with Crippen LogP contribution in [0, 0.1) is 12.7 Å². The Kier molecular flexibility index (Phi) is 6.89. The van der Waals surface area contributed by atoms with E-state index < -0.39 is 22.9 Å². The Morgan fingerprint density at radius 3 is 2.56 bits per heavy atom. The van der Waals surface area contributed by atoms with Crippen molar-refractivity contribution in [1.82, 2.24) is 5.01 Å². The first-order valence-corrected chi connectivity index (χ1v) is 12.7. The minimum Gasteiger partial charge on any atom is -0.324 e. The molecule has 0 bridgehead atoms. The molecule has 0 spiro atoms. The van der Waals surface area contributed by atoms with Gasteiger partial charge in [0.05, 0.1) is 17.4 Å². The monoisotopic (exact) mass is 520 g/mol. The fourth-order valence-corrected chi connectivity index (χ4v) is 5.28. The fraction of sp³-hybridized carbons (Fsp3) is 0.185. The Hall–Kier alpha value is -3.49. The van der Waals surface area contributed by atoms with Gasteiger partial charge in [0.1, 0.15) is 11.1 Å². The van der Waals surface area contributed by atoms with Crippen LogP contribution in [0.3, 0.4) is 0 Å². The van der Waals surface area contributed by atoms with Crippen molar-refractivity contribution in [2.45, 2.75) is 31.1 Å². The lowest BCUT2D eigenvalue weighted by molar-refractivity contribution is -0.121. The number of hydrogen-bond donors (Lipinski definition) is 1. The van der Waals surface area contributed by atoms with Crippen molar-refractivity contribution in [3.05, 3.63) is 100 Å². The van der Waals surface area contributed by atoms with Crippen LogP contribution in [0.2, 0.25) is 5.02 Å². The fourth-order valence-electron chi connectivity index (χ4n) is 4.09. The highest BCUT2D eigenvalue weighted by atomic mass is 35.5. The SMILES string of the molecule is Cc1ccc(C2=NN(C3=NC(=O)[C@@H](CC(=O)Nc4ccccc4F)S3)[C@H](c3ccc(Cl)cc3)C2)cc1. The first kappa shape index (κ1) is 24.2. The van der Waals surface area contributed by atoms with E-state index in [-0.39, 0.29) is 18.2 Å². The van der Waals surface area contributed by atoms with Crippen molar-refractivity contribution < 1.29 is 14.0 Å². The minimum absolute atomic E-state index is 0.0776. The summed E-state index contributed by atoms with van der Waals surface area (Å²) in [4.78, 5) is 29.5. The summed E-state index contributed by atoms with van der Waals surface area (Å²) in [6, 6.07) is 21.4. The van der Waals surface area contributed by atoms with Gasteiger partial charge in [0, 0.05) is 17.9 Å². The average molecular weight is 521 g/mol. The standard InChI is InChI=1S/C27H22ClFN4O2S/c1-16-6-8-17(9-7-16)22-14-23(18-10-12-19(28)13-11-18)33(32-22)27-31-26(35)24(36-27)15-25(34)30-21-5-3-2-4-20(21)29/h2-13,23-24H,14-15H2,1H3,(H,30,34)/t23-,24+/m0/s1. The number of thioether (sulfide) groups is 1. The van der Waals surface area contributed by atoms with Crippen LogP contribution in [0.1, 0.15) is 35.6 Å². The minimum atomic E-state index is -0.712. The number of amides is 2. The van der Waals surface area contributed by atoms with Crippen molar-refractivity contribution in [2.24, 2.45) is 10.1 Å². The van der Waals surface area contributed by atoms with E-state index in [4.69, 9.17) is 16.7 Å². The molecule has 36 heavy (non-hydrogen) atoms. The van der Waals surface area contributed by atoms with Crippen molar-refractivity contribution >= 4 is 51.7 Å². The molecule has 9 heteroatoms.